The molecule has 0 amide bonds. The Balaban J connectivity index is 2.75. The second-order valence-corrected chi connectivity index (χ2v) is 3.47. The Morgan fingerprint density at radius 2 is 2.00 bits per heavy atom. The van der Waals surface area contributed by atoms with E-state index in [1.54, 1.807) is 6.20 Å². The van der Waals surface area contributed by atoms with E-state index in [4.69, 9.17) is 9.47 Å². The van der Waals surface area contributed by atoms with Crippen LogP contribution in [0.1, 0.15) is 25.7 Å². The van der Waals surface area contributed by atoms with Crippen molar-refractivity contribution in [3.63, 3.8) is 0 Å². The Morgan fingerprint density at radius 3 is 2.50 bits per heavy atom. The van der Waals surface area contributed by atoms with Gasteiger partial charge in [0.2, 0.25) is 0 Å². The van der Waals surface area contributed by atoms with Crippen LogP contribution in [0.3, 0.4) is 0 Å². The second kappa shape index (κ2) is 6.11. The Kier molecular flexibility index (Phi) is 5.07. The first kappa shape index (κ1) is 11.6. The number of pyridine rings is 1. The summed E-state index contributed by atoms with van der Waals surface area (Å²) in [6.45, 7) is 5.15. The lowest BCUT2D eigenvalue weighted by Gasteiger charge is -2.16. The normalized spacial score (nSPS) is 10.9. The second-order valence-electron chi connectivity index (χ2n) is 2.65. The van der Waals surface area contributed by atoms with E-state index in [9.17, 15) is 0 Å². The van der Waals surface area contributed by atoms with Crippen molar-refractivity contribution in [1.29, 1.82) is 0 Å². The Hall–Kier alpha value is -0.450. The molecule has 0 atom stereocenters. The fourth-order valence-electron chi connectivity index (χ4n) is 1.11. The monoisotopic (exact) mass is 259 g/mol. The first-order valence-electron chi connectivity index (χ1n) is 4.62. The summed E-state index contributed by atoms with van der Waals surface area (Å²) in [5, 5.41) is 0. The Bertz CT molecular complexity index is 275. The van der Waals surface area contributed by atoms with Crippen molar-refractivity contribution in [2.24, 2.45) is 0 Å². The molecule has 0 N–H and O–H groups in total. The highest BCUT2D eigenvalue weighted by molar-refractivity contribution is 9.10. The predicted molar refractivity (Wildman–Crippen MR) is 57.9 cm³/mol. The van der Waals surface area contributed by atoms with Gasteiger partial charge < -0.3 is 9.47 Å². The molecule has 0 aliphatic rings. The van der Waals surface area contributed by atoms with E-state index in [0.29, 0.717) is 13.2 Å². The fourth-order valence-corrected chi connectivity index (χ4v) is 1.49. The van der Waals surface area contributed by atoms with Crippen LogP contribution in [0.2, 0.25) is 0 Å². The van der Waals surface area contributed by atoms with Gasteiger partial charge >= 0.3 is 0 Å². The molecule has 3 nitrogen and oxygen atoms in total. The SMILES string of the molecule is CCOC(OCC)c1ccnc(Br)c1. The number of hydrogen-bond donors (Lipinski definition) is 0. The quantitative estimate of drug-likeness (QED) is 0.602. The van der Waals surface area contributed by atoms with E-state index < -0.39 is 0 Å². The molecule has 0 saturated carbocycles. The first-order valence-corrected chi connectivity index (χ1v) is 5.41. The molecule has 0 bridgehead atoms. The number of aromatic nitrogens is 1. The third-order valence-corrected chi connectivity index (χ3v) is 2.09. The van der Waals surface area contributed by atoms with Crippen molar-refractivity contribution < 1.29 is 9.47 Å². The smallest absolute Gasteiger partial charge is 0.183 e. The molecule has 0 spiro atoms. The zero-order valence-electron chi connectivity index (χ0n) is 8.37. The summed E-state index contributed by atoms with van der Waals surface area (Å²) in [4.78, 5) is 4.05. The molecule has 0 aromatic carbocycles. The van der Waals surface area contributed by atoms with Gasteiger partial charge in [-0.15, -0.1) is 0 Å². The summed E-state index contributed by atoms with van der Waals surface area (Å²) < 4.78 is 11.7. The largest absolute Gasteiger partial charge is 0.349 e. The van der Waals surface area contributed by atoms with E-state index in [-0.39, 0.29) is 6.29 Å². The molecule has 1 aromatic rings. The van der Waals surface area contributed by atoms with Gasteiger partial charge in [-0.05, 0) is 41.9 Å². The molecule has 0 unspecified atom stereocenters. The average molecular weight is 260 g/mol. The molecule has 0 radical (unpaired) electrons. The van der Waals surface area contributed by atoms with E-state index >= 15 is 0 Å². The molecule has 0 aliphatic carbocycles. The Labute approximate surface area is 92.6 Å². The summed E-state index contributed by atoms with van der Waals surface area (Å²) in [5.41, 5.74) is 0.982. The zero-order valence-corrected chi connectivity index (χ0v) is 9.95. The van der Waals surface area contributed by atoms with Gasteiger partial charge in [0.1, 0.15) is 4.60 Å². The lowest BCUT2D eigenvalue weighted by atomic mass is 10.2. The van der Waals surface area contributed by atoms with Crippen LogP contribution in [-0.4, -0.2) is 18.2 Å². The maximum Gasteiger partial charge on any atom is 0.183 e. The molecule has 78 valence electrons. The fraction of sp³-hybridized carbons (Fsp3) is 0.500. The molecular formula is C10H14BrNO2. The van der Waals surface area contributed by atoms with Crippen molar-refractivity contribution in [3.05, 3.63) is 28.5 Å². The van der Waals surface area contributed by atoms with Gasteiger partial charge in [0.25, 0.3) is 0 Å². The third kappa shape index (κ3) is 3.36. The van der Waals surface area contributed by atoms with Gasteiger partial charge in [0, 0.05) is 25.0 Å². The van der Waals surface area contributed by atoms with Crippen LogP contribution < -0.4 is 0 Å². The van der Waals surface area contributed by atoms with Gasteiger partial charge in [-0.3, -0.25) is 0 Å². The van der Waals surface area contributed by atoms with E-state index in [0.717, 1.165) is 10.2 Å². The van der Waals surface area contributed by atoms with Gasteiger partial charge in [-0.1, -0.05) is 0 Å². The van der Waals surface area contributed by atoms with Crippen LogP contribution in [-0.2, 0) is 9.47 Å². The molecule has 4 heteroatoms. The minimum atomic E-state index is -0.288. The predicted octanol–water partition coefficient (Wildman–Crippen LogP) is 2.92. The number of halogens is 1. The van der Waals surface area contributed by atoms with E-state index in [2.05, 4.69) is 20.9 Å². The lowest BCUT2D eigenvalue weighted by Crippen LogP contribution is -2.08. The standard InChI is InChI=1S/C10H14BrNO2/c1-3-13-10(14-4-2)8-5-6-12-9(11)7-8/h5-7,10H,3-4H2,1-2H3. The number of hydrogen-bond acceptors (Lipinski definition) is 3. The molecule has 0 fully saturated rings. The van der Waals surface area contributed by atoms with Crippen molar-refractivity contribution >= 4 is 15.9 Å². The van der Waals surface area contributed by atoms with Gasteiger partial charge in [-0.2, -0.15) is 0 Å². The Morgan fingerprint density at radius 1 is 1.36 bits per heavy atom. The maximum atomic E-state index is 5.45. The third-order valence-electron chi connectivity index (χ3n) is 1.66. The molecule has 14 heavy (non-hydrogen) atoms. The maximum absolute atomic E-state index is 5.45. The number of ether oxygens (including phenoxy) is 2. The summed E-state index contributed by atoms with van der Waals surface area (Å²) in [7, 11) is 0. The molecule has 0 aliphatic heterocycles. The number of nitrogens with zero attached hydrogens (tertiary/aromatic N) is 1. The first-order chi connectivity index (χ1) is 6.77. The van der Waals surface area contributed by atoms with E-state index in [1.165, 1.54) is 0 Å². The van der Waals surface area contributed by atoms with Crippen molar-refractivity contribution in [2.45, 2.75) is 20.1 Å². The van der Waals surface area contributed by atoms with E-state index in [1.807, 2.05) is 26.0 Å². The highest BCUT2D eigenvalue weighted by Gasteiger charge is 2.11. The van der Waals surface area contributed by atoms with Gasteiger partial charge in [-0.25, -0.2) is 4.98 Å². The summed E-state index contributed by atoms with van der Waals surface area (Å²) >= 11 is 3.31. The molecule has 1 rings (SSSR count). The van der Waals surface area contributed by atoms with Crippen molar-refractivity contribution in [1.82, 2.24) is 4.98 Å². The van der Waals surface area contributed by atoms with Crippen molar-refractivity contribution in [3.8, 4) is 0 Å². The van der Waals surface area contributed by atoms with Crippen LogP contribution in [0.25, 0.3) is 0 Å². The van der Waals surface area contributed by atoms with Gasteiger partial charge in [0.15, 0.2) is 6.29 Å². The lowest BCUT2D eigenvalue weighted by molar-refractivity contribution is -0.140. The molecule has 1 aromatic heterocycles. The molecule has 0 saturated heterocycles. The van der Waals surface area contributed by atoms with Crippen LogP contribution in [0, 0.1) is 0 Å². The van der Waals surface area contributed by atoms with Crippen LogP contribution >= 0.6 is 15.9 Å². The van der Waals surface area contributed by atoms with Crippen LogP contribution in [0.4, 0.5) is 0 Å². The van der Waals surface area contributed by atoms with Gasteiger partial charge in [0.05, 0.1) is 0 Å². The average Bonchev–Trinajstić information content (AvgIpc) is 2.17. The highest BCUT2D eigenvalue weighted by atomic mass is 79.9. The highest BCUT2D eigenvalue weighted by Crippen LogP contribution is 2.20. The topological polar surface area (TPSA) is 31.4 Å². The molecule has 1 heterocycles. The van der Waals surface area contributed by atoms with Crippen LogP contribution in [0.15, 0.2) is 22.9 Å². The minimum absolute atomic E-state index is 0.288. The number of rotatable bonds is 5. The van der Waals surface area contributed by atoms with Crippen LogP contribution in [0.5, 0.6) is 0 Å². The zero-order chi connectivity index (χ0) is 10.4. The summed E-state index contributed by atoms with van der Waals surface area (Å²) in [6, 6.07) is 3.79. The van der Waals surface area contributed by atoms with Crippen molar-refractivity contribution in [2.75, 3.05) is 13.2 Å². The molecular weight excluding hydrogens is 246 g/mol. The minimum Gasteiger partial charge on any atom is -0.349 e. The summed E-state index contributed by atoms with van der Waals surface area (Å²) in [5.74, 6) is 0. The summed E-state index contributed by atoms with van der Waals surface area (Å²) in [6.07, 6.45) is 1.44.